The summed E-state index contributed by atoms with van der Waals surface area (Å²) in [6, 6.07) is 8.80. The van der Waals surface area contributed by atoms with Gasteiger partial charge < -0.3 is 19.2 Å². The van der Waals surface area contributed by atoms with E-state index in [0.717, 1.165) is 0 Å². The van der Waals surface area contributed by atoms with Gasteiger partial charge in [0.15, 0.2) is 0 Å². The van der Waals surface area contributed by atoms with Crippen LogP contribution in [0.15, 0.2) is 51.7 Å². The highest BCUT2D eigenvalue weighted by atomic mass is 16.5. The van der Waals surface area contributed by atoms with E-state index < -0.39 is 0 Å². The summed E-state index contributed by atoms with van der Waals surface area (Å²) < 4.78 is 15.6. The second-order valence-corrected chi connectivity index (χ2v) is 4.56. The van der Waals surface area contributed by atoms with Crippen LogP contribution in [0.3, 0.4) is 0 Å². The highest BCUT2D eigenvalue weighted by Crippen LogP contribution is 2.24. The minimum Gasteiger partial charge on any atom is -0.497 e. The van der Waals surface area contributed by atoms with Crippen LogP contribution in [-0.4, -0.2) is 26.0 Å². The molecular formula is C16H14N2O4. The maximum absolute atomic E-state index is 12.0. The molecule has 1 amide bonds. The van der Waals surface area contributed by atoms with E-state index in [2.05, 4.69) is 10.3 Å². The van der Waals surface area contributed by atoms with Gasteiger partial charge in [0, 0.05) is 17.7 Å². The first-order valence-electron chi connectivity index (χ1n) is 6.58. The fourth-order valence-electron chi connectivity index (χ4n) is 2.06. The zero-order chi connectivity index (χ0) is 15.5. The quantitative estimate of drug-likeness (QED) is 0.878. The van der Waals surface area contributed by atoms with Crippen LogP contribution in [0.1, 0.15) is 11.3 Å². The van der Waals surface area contributed by atoms with E-state index in [1.54, 1.807) is 50.6 Å². The zero-order valence-electron chi connectivity index (χ0n) is 12.1. The highest BCUT2D eigenvalue weighted by Gasteiger charge is 2.22. The van der Waals surface area contributed by atoms with E-state index in [1.807, 2.05) is 0 Å². The number of furan rings is 1. The molecule has 1 aliphatic rings. The maximum Gasteiger partial charge on any atom is 0.275 e. The monoisotopic (exact) mass is 298 g/mol. The summed E-state index contributed by atoms with van der Waals surface area (Å²) in [5.74, 6) is 1.97. The summed E-state index contributed by atoms with van der Waals surface area (Å²) in [4.78, 5) is 16.3. The fraction of sp³-hybridized carbons (Fsp3) is 0.125. The summed E-state index contributed by atoms with van der Waals surface area (Å²) in [5, 5.41) is 2.73. The van der Waals surface area contributed by atoms with E-state index in [1.165, 1.54) is 6.26 Å². The molecule has 22 heavy (non-hydrogen) atoms. The van der Waals surface area contributed by atoms with Crippen molar-refractivity contribution in [2.75, 3.05) is 14.2 Å². The second kappa shape index (κ2) is 5.77. The number of benzene rings is 1. The average molecular weight is 298 g/mol. The summed E-state index contributed by atoms with van der Waals surface area (Å²) in [6.45, 7) is 0. The number of ether oxygens (including phenoxy) is 2. The van der Waals surface area contributed by atoms with Crippen molar-refractivity contribution in [3.05, 3.63) is 53.6 Å². The van der Waals surface area contributed by atoms with Crippen LogP contribution in [0.4, 0.5) is 0 Å². The molecule has 0 fully saturated rings. The van der Waals surface area contributed by atoms with Gasteiger partial charge in [-0.2, -0.15) is 0 Å². The Morgan fingerprint density at radius 2 is 1.91 bits per heavy atom. The molecule has 1 N–H and O–H groups in total. The van der Waals surface area contributed by atoms with E-state index in [4.69, 9.17) is 13.9 Å². The first kappa shape index (κ1) is 13.9. The van der Waals surface area contributed by atoms with Gasteiger partial charge in [-0.15, -0.1) is 0 Å². The third-order valence-electron chi connectivity index (χ3n) is 3.14. The predicted molar refractivity (Wildman–Crippen MR) is 80.9 cm³/mol. The number of nitrogens with zero attached hydrogens (tertiary/aromatic N) is 1. The molecule has 0 unspecified atom stereocenters. The summed E-state index contributed by atoms with van der Waals surface area (Å²) in [7, 11) is 3.13. The maximum atomic E-state index is 12.0. The van der Waals surface area contributed by atoms with Crippen molar-refractivity contribution in [3.63, 3.8) is 0 Å². The second-order valence-electron chi connectivity index (χ2n) is 4.56. The smallest absolute Gasteiger partial charge is 0.275 e. The van der Waals surface area contributed by atoms with Crippen molar-refractivity contribution in [1.82, 2.24) is 5.32 Å². The molecule has 6 heteroatoms. The number of nitrogens with one attached hydrogen (secondary N) is 1. The predicted octanol–water partition coefficient (Wildman–Crippen LogP) is 2.21. The Labute approximate surface area is 127 Å². The SMILES string of the molecule is COc1cc(OC)cc(C2=N/C(=C/c3ccco3)C(=O)N2)c1. The topological polar surface area (TPSA) is 73.1 Å². The fourth-order valence-corrected chi connectivity index (χ4v) is 2.06. The zero-order valence-corrected chi connectivity index (χ0v) is 12.1. The van der Waals surface area contributed by atoms with Gasteiger partial charge in [0.1, 0.15) is 28.8 Å². The Hall–Kier alpha value is -3.02. The lowest BCUT2D eigenvalue weighted by molar-refractivity contribution is -0.115. The van der Waals surface area contributed by atoms with Gasteiger partial charge in [0.05, 0.1) is 20.5 Å². The molecule has 1 aliphatic heterocycles. The molecule has 6 nitrogen and oxygen atoms in total. The van der Waals surface area contributed by atoms with E-state index in [0.29, 0.717) is 28.7 Å². The summed E-state index contributed by atoms with van der Waals surface area (Å²) >= 11 is 0. The van der Waals surface area contributed by atoms with Gasteiger partial charge in [-0.25, -0.2) is 4.99 Å². The number of hydrogen-bond acceptors (Lipinski definition) is 5. The van der Waals surface area contributed by atoms with Crippen molar-refractivity contribution < 1.29 is 18.7 Å². The van der Waals surface area contributed by atoms with Gasteiger partial charge in [0.25, 0.3) is 5.91 Å². The number of aliphatic imine (C=N–C) groups is 1. The first-order chi connectivity index (χ1) is 10.7. The van der Waals surface area contributed by atoms with Gasteiger partial charge in [-0.3, -0.25) is 4.79 Å². The molecule has 1 aromatic carbocycles. The largest absolute Gasteiger partial charge is 0.497 e. The lowest BCUT2D eigenvalue weighted by Gasteiger charge is -2.08. The molecular weight excluding hydrogens is 284 g/mol. The minimum absolute atomic E-state index is 0.284. The number of amidine groups is 1. The molecule has 0 bridgehead atoms. The van der Waals surface area contributed by atoms with Gasteiger partial charge in [0.2, 0.25) is 0 Å². The van der Waals surface area contributed by atoms with Crippen molar-refractivity contribution in [2.45, 2.75) is 0 Å². The Bertz CT molecular complexity index is 738. The van der Waals surface area contributed by atoms with Gasteiger partial charge in [-0.1, -0.05) is 0 Å². The third kappa shape index (κ3) is 2.71. The van der Waals surface area contributed by atoms with Crippen LogP contribution >= 0.6 is 0 Å². The van der Waals surface area contributed by atoms with Gasteiger partial charge >= 0.3 is 0 Å². The number of amides is 1. The van der Waals surface area contributed by atoms with Crippen molar-refractivity contribution in [2.24, 2.45) is 4.99 Å². The number of rotatable bonds is 4. The van der Waals surface area contributed by atoms with Crippen LogP contribution < -0.4 is 14.8 Å². The number of methoxy groups -OCH3 is 2. The van der Waals surface area contributed by atoms with Crippen molar-refractivity contribution >= 4 is 17.8 Å². The lowest BCUT2D eigenvalue weighted by atomic mass is 10.2. The van der Waals surface area contributed by atoms with E-state index >= 15 is 0 Å². The lowest BCUT2D eigenvalue weighted by Crippen LogP contribution is -2.24. The van der Waals surface area contributed by atoms with E-state index in [-0.39, 0.29) is 11.6 Å². The first-order valence-corrected chi connectivity index (χ1v) is 6.58. The molecule has 0 spiro atoms. The molecule has 112 valence electrons. The Kier molecular flexibility index (Phi) is 3.65. The van der Waals surface area contributed by atoms with Crippen LogP contribution in [0, 0.1) is 0 Å². The van der Waals surface area contributed by atoms with Crippen LogP contribution in [-0.2, 0) is 4.79 Å². The molecule has 1 aromatic heterocycles. The molecule has 0 saturated carbocycles. The van der Waals surface area contributed by atoms with Crippen LogP contribution in [0.25, 0.3) is 6.08 Å². The van der Waals surface area contributed by atoms with Crippen molar-refractivity contribution in [3.8, 4) is 11.5 Å². The Morgan fingerprint density at radius 1 is 1.18 bits per heavy atom. The normalized spacial score (nSPS) is 15.6. The average Bonchev–Trinajstić information content (AvgIpc) is 3.17. The molecule has 3 rings (SSSR count). The molecule has 0 aliphatic carbocycles. The summed E-state index contributed by atoms with van der Waals surface area (Å²) in [6.07, 6.45) is 3.12. The number of carbonyl (C=O) groups excluding carboxylic acids is 1. The van der Waals surface area contributed by atoms with Crippen LogP contribution in [0.5, 0.6) is 11.5 Å². The molecule has 0 atom stereocenters. The number of carbonyl (C=O) groups is 1. The van der Waals surface area contributed by atoms with Crippen LogP contribution in [0.2, 0.25) is 0 Å². The minimum atomic E-state index is -0.284. The standard InChI is InChI=1S/C16H14N2O4/c1-20-12-6-10(7-13(8-12)21-2)15-17-14(16(19)18-15)9-11-4-3-5-22-11/h3-9H,1-2H3,(H,17,18,19)/b14-9+. The molecule has 2 aromatic rings. The van der Waals surface area contributed by atoms with E-state index in [9.17, 15) is 4.79 Å². The molecule has 0 saturated heterocycles. The summed E-state index contributed by atoms with van der Waals surface area (Å²) in [5.41, 5.74) is 0.985. The number of hydrogen-bond donors (Lipinski definition) is 1. The Morgan fingerprint density at radius 3 is 2.50 bits per heavy atom. The van der Waals surface area contributed by atoms with Crippen molar-refractivity contribution in [1.29, 1.82) is 0 Å². The molecule has 0 radical (unpaired) electrons. The highest BCUT2D eigenvalue weighted by molar-refractivity contribution is 6.19. The Balaban J connectivity index is 1.97. The molecule has 2 heterocycles. The third-order valence-corrected chi connectivity index (χ3v) is 3.14. The van der Waals surface area contributed by atoms with Gasteiger partial charge in [-0.05, 0) is 24.3 Å².